The van der Waals surface area contributed by atoms with Gasteiger partial charge in [-0.25, -0.2) is 0 Å². The van der Waals surface area contributed by atoms with Crippen molar-refractivity contribution in [1.82, 2.24) is 10.2 Å². The van der Waals surface area contributed by atoms with Crippen LogP contribution in [0.2, 0.25) is 0 Å². The smallest absolute Gasteiger partial charge is 0.0309 e. The fourth-order valence-corrected chi connectivity index (χ4v) is 2.68. The van der Waals surface area contributed by atoms with E-state index in [0.29, 0.717) is 5.54 Å². The molecule has 2 aliphatic rings. The Bertz CT molecular complexity index is 260. The Morgan fingerprint density at radius 1 is 1.60 bits per heavy atom. The lowest BCUT2D eigenvalue weighted by Crippen LogP contribution is -2.60. The topological polar surface area (TPSA) is 15.3 Å². The predicted molar refractivity (Wildman–Crippen MR) is 65.2 cm³/mol. The molecule has 86 valence electrons. The van der Waals surface area contributed by atoms with Gasteiger partial charge in [0.1, 0.15) is 0 Å². The number of piperazine rings is 1. The summed E-state index contributed by atoms with van der Waals surface area (Å²) in [4.78, 5) is 2.52. The Morgan fingerprint density at radius 2 is 2.33 bits per heavy atom. The minimum Gasteiger partial charge on any atom is -0.309 e. The van der Waals surface area contributed by atoms with E-state index in [0.717, 1.165) is 25.6 Å². The molecular formula is C12H21ClN2. The molecule has 1 heterocycles. The fourth-order valence-electron chi connectivity index (χ4n) is 2.62. The molecule has 0 amide bonds. The van der Waals surface area contributed by atoms with Crippen LogP contribution in [0.1, 0.15) is 26.7 Å². The third kappa shape index (κ3) is 2.74. The first-order valence-corrected chi connectivity index (χ1v) is 6.31. The second kappa shape index (κ2) is 4.44. The zero-order valence-corrected chi connectivity index (χ0v) is 10.5. The summed E-state index contributed by atoms with van der Waals surface area (Å²) in [6, 6.07) is 0. The van der Waals surface area contributed by atoms with Crippen LogP contribution in [0.15, 0.2) is 11.1 Å². The molecule has 3 heteroatoms. The Labute approximate surface area is 97.7 Å². The summed E-state index contributed by atoms with van der Waals surface area (Å²) in [5, 5.41) is 3.68. The molecule has 1 saturated carbocycles. The third-order valence-corrected chi connectivity index (χ3v) is 4.02. The molecular weight excluding hydrogens is 208 g/mol. The SMILES string of the molecule is CC(=CCl)CN1CCNC(C)(C2CC2)C1. The van der Waals surface area contributed by atoms with Crippen LogP contribution in [-0.4, -0.2) is 36.6 Å². The molecule has 0 spiro atoms. The van der Waals surface area contributed by atoms with E-state index in [1.165, 1.54) is 25.0 Å². The maximum absolute atomic E-state index is 5.71. The van der Waals surface area contributed by atoms with Gasteiger partial charge in [-0.2, -0.15) is 0 Å². The van der Waals surface area contributed by atoms with E-state index in [-0.39, 0.29) is 0 Å². The zero-order chi connectivity index (χ0) is 10.9. The normalized spacial score (nSPS) is 34.5. The largest absolute Gasteiger partial charge is 0.309 e. The number of halogens is 1. The van der Waals surface area contributed by atoms with Crippen LogP contribution in [0.25, 0.3) is 0 Å². The Hall–Kier alpha value is -0.0500. The highest BCUT2D eigenvalue weighted by atomic mass is 35.5. The van der Waals surface area contributed by atoms with Gasteiger partial charge < -0.3 is 5.32 Å². The van der Waals surface area contributed by atoms with E-state index in [9.17, 15) is 0 Å². The molecule has 2 fully saturated rings. The van der Waals surface area contributed by atoms with Crippen LogP contribution >= 0.6 is 11.6 Å². The van der Waals surface area contributed by atoms with E-state index in [2.05, 4.69) is 24.1 Å². The van der Waals surface area contributed by atoms with Gasteiger partial charge in [-0.15, -0.1) is 0 Å². The maximum atomic E-state index is 5.71. The molecule has 1 saturated heterocycles. The molecule has 15 heavy (non-hydrogen) atoms. The number of hydrogen-bond acceptors (Lipinski definition) is 2. The van der Waals surface area contributed by atoms with Crippen LogP contribution in [0.5, 0.6) is 0 Å². The highest BCUT2D eigenvalue weighted by Crippen LogP contribution is 2.40. The van der Waals surface area contributed by atoms with Gasteiger partial charge in [-0.1, -0.05) is 11.6 Å². The van der Waals surface area contributed by atoms with Crippen LogP contribution in [-0.2, 0) is 0 Å². The van der Waals surface area contributed by atoms with E-state index < -0.39 is 0 Å². The monoisotopic (exact) mass is 228 g/mol. The van der Waals surface area contributed by atoms with Crippen molar-refractivity contribution in [1.29, 1.82) is 0 Å². The standard InChI is InChI=1S/C12H21ClN2/c1-10(7-13)8-15-6-5-14-12(2,9-15)11-3-4-11/h7,11,14H,3-6,8-9H2,1-2H3. The van der Waals surface area contributed by atoms with Crippen LogP contribution in [0.4, 0.5) is 0 Å². The fraction of sp³-hybridized carbons (Fsp3) is 0.833. The molecule has 0 aromatic carbocycles. The van der Waals surface area contributed by atoms with Crippen molar-refractivity contribution >= 4 is 11.6 Å². The van der Waals surface area contributed by atoms with Crippen molar-refractivity contribution in [2.24, 2.45) is 5.92 Å². The first-order chi connectivity index (χ1) is 7.14. The summed E-state index contributed by atoms with van der Waals surface area (Å²) in [5.41, 5.74) is 3.32. The second-order valence-corrected chi connectivity index (χ2v) is 5.50. The van der Waals surface area contributed by atoms with Crippen molar-refractivity contribution in [3.8, 4) is 0 Å². The molecule has 2 rings (SSSR count). The quantitative estimate of drug-likeness (QED) is 0.797. The summed E-state index contributed by atoms with van der Waals surface area (Å²) in [6.07, 6.45) is 2.81. The lowest BCUT2D eigenvalue weighted by atomic mass is 9.93. The summed E-state index contributed by atoms with van der Waals surface area (Å²) < 4.78 is 0. The summed E-state index contributed by atoms with van der Waals surface area (Å²) >= 11 is 5.71. The maximum Gasteiger partial charge on any atom is 0.0309 e. The average Bonchev–Trinajstić information content (AvgIpc) is 3.01. The molecule has 1 aliphatic heterocycles. The van der Waals surface area contributed by atoms with Crippen molar-refractivity contribution in [3.63, 3.8) is 0 Å². The predicted octanol–water partition coefficient (Wildman–Crippen LogP) is 2.20. The van der Waals surface area contributed by atoms with Crippen molar-refractivity contribution in [2.45, 2.75) is 32.2 Å². The van der Waals surface area contributed by atoms with Gasteiger partial charge in [-0.3, -0.25) is 4.90 Å². The van der Waals surface area contributed by atoms with Gasteiger partial charge in [0.25, 0.3) is 0 Å². The number of hydrogen-bond donors (Lipinski definition) is 1. The Balaban J connectivity index is 1.91. The first kappa shape index (κ1) is 11.4. The summed E-state index contributed by atoms with van der Waals surface area (Å²) in [6.45, 7) is 8.92. The van der Waals surface area contributed by atoms with Gasteiger partial charge in [-0.05, 0) is 38.2 Å². The lowest BCUT2D eigenvalue weighted by Gasteiger charge is -2.42. The summed E-state index contributed by atoms with van der Waals surface area (Å²) in [5.74, 6) is 0.903. The Morgan fingerprint density at radius 3 is 2.93 bits per heavy atom. The van der Waals surface area contributed by atoms with Gasteiger partial charge in [0, 0.05) is 37.3 Å². The molecule has 1 unspecified atom stereocenters. The molecule has 0 bridgehead atoms. The van der Waals surface area contributed by atoms with Gasteiger partial charge in [0.15, 0.2) is 0 Å². The molecule has 0 radical (unpaired) electrons. The molecule has 2 nitrogen and oxygen atoms in total. The van der Waals surface area contributed by atoms with Gasteiger partial charge in [0.2, 0.25) is 0 Å². The lowest BCUT2D eigenvalue weighted by molar-refractivity contribution is 0.136. The summed E-state index contributed by atoms with van der Waals surface area (Å²) in [7, 11) is 0. The van der Waals surface area contributed by atoms with E-state index >= 15 is 0 Å². The average molecular weight is 229 g/mol. The van der Waals surface area contributed by atoms with Crippen LogP contribution < -0.4 is 5.32 Å². The van der Waals surface area contributed by atoms with E-state index in [1.54, 1.807) is 5.54 Å². The molecule has 1 N–H and O–H groups in total. The Kier molecular flexibility index (Phi) is 3.39. The van der Waals surface area contributed by atoms with Gasteiger partial charge >= 0.3 is 0 Å². The van der Waals surface area contributed by atoms with Crippen molar-refractivity contribution < 1.29 is 0 Å². The third-order valence-electron chi connectivity index (χ3n) is 3.65. The molecule has 1 atom stereocenters. The highest BCUT2D eigenvalue weighted by Gasteiger charge is 2.43. The number of rotatable bonds is 3. The molecule has 0 aromatic rings. The number of nitrogens with zero attached hydrogens (tertiary/aromatic N) is 1. The van der Waals surface area contributed by atoms with Crippen molar-refractivity contribution in [2.75, 3.05) is 26.2 Å². The minimum absolute atomic E-state index is 0.352. The zero-order valence-electron chi connectivity index (χ0n) is 9.72. The second-order valence-electron chi connectivity index (χ2n) is 5.28. The van der Waals surface area contributed by atoms with Crippen LogP contribution in [0.3, 0.4) is 0 Å². The highest BCUT2D eigenvalue weighted by molar-refractivity contribution is 6.25. The van der Waals surface area contributed by atoms with Gasteiger partial charge in [0.05, 0.1) is 0 Å². The van der Waals surface area contributed by atoms with Crippen molar-refractivity contribution in [3.05, 3.63) is 11.1 Å². The molecule has 0 aromatic heterocycles. The number of nitrogens with one attached hydrogen (secondary N) is 1. The molecule has 1 aliphatic carbocycles. The van der Waals surface area contributed by atoms with Crippen LogP contribution in [0, 0.1) is 5.92 Å². The minimum atomic E-state index is 0.352. The first-order valence-electron chi connectivity index (χ1n) is 5.87. The van der Waals surface area contributed by atoms with E-state index in [4.69, 9.17) is 11.6 Å². The van der Waals surface area contributed by atoms with E-state index in [1.807, 2.05) is 0 Å².